The monoisotopic (exact) mass is 339 g/mol. The van der Waals surface area contributed by atoms with Crippen LogP contribution in [0, 0.1) is 0 Å². The molecule has 18 heavy (non-hydrogen) atoms. The Hall–Kier alpha value is -0.310. The van der Waals surface area contributed by atoms with E-state index in [1.807, 2.05) is 0 Å². The molecular formula is C12H6Cl5N. The van der Waals surface area contributed by atoms with Gasteiger partial charge in [0.15, 0.2) is 0 Å². The standard InChI is InChI=1S/C12H6Cl5N/c13-5-1-2-6(9(18)3-5)10-11(16)7(14)4-8(15)12(10)17/h1-4H,18H2. The summed E-state index contributed by atoms with van der Waals surface area (Å²) in [6.45, 7) is 0. The number of nitrogens with two attached hydrogens (primary N) is 1. The number of halogens is 5. The summed E-state index contributed by atoms with van der Waals surface area (Å²) in [4.78, 5) is 0. The van der Waals surface area contributed by atoms with Gasteiger partial charge in [-0.2, -0.15) is 0 Å². The zero-order chi connectivity index (χ0) is 13.4. The molecule has 2 aromatic rings. The van der Waals surface area contributed by atoms with Gasteiger partial charge in [0.2, 0.25) is 0 Å². The van der Waals surface area contributed by atoms with Gasteiger partial charge in [0.1, 0.15) is 0 Å². The average molecular weight is 341 g/mol. The Morgan fingerprint density at radius 3 is 1.83 bits per heavy atom. The Morgan fingerprint density at radius 2 is 1.33 bits per heavy atom. The molecule has 0 unspecified atom stereocenters. The molecule has 0 aliphatic carbocycles. The van der Waals surface area contributed by atoms with Crippen LogP contribution < -0.4 is 5.73 Å². The van der Waals surface area contributed by atoms with Crippen LogP contribution in [0.1, 0.15) is 0 Å². The van der Waals surface area contributed by atoms with Crippen LogP contribution >= 0.6 is 58.0 Å². The molecule has 0 radical (unpaired) electrons. The van der Waals surface area contributed by atoms with Gasteiger partial charge in [-0.05, 0) is 18.2 Å². The van der Waals surface area contributed by atoms with E-state index in [2.05, 4.69) is 0 Å². The van der Waals surface area contributed by atoms with Crippen LogP contribution in [-0.2, 0) is 0 Å². The van der Waals surface area contributed by atoms with Crippen molar-refractivity contribution >= 4 is 63.7 Å². The minimum absolute atomic E-state index is 0.306. The van der Waals surface area contributed by atoms with Gasteiger partial charge in [-0.15, -0.1) is 0 Å². The van der Waals surface area contributed by atoms with Crippen LogP contribution in [0.25, 0.3) is 11.1 Å². The van der Waals surface area contributed by atoms with Gasteiger partial charge in [0.25, 0.3) is 0 Å². The number of hydrogen-bond acceptors (Lipinski definition) is 1. The van der Waals surface area contributed by atoms with Crippen molar-refractivity contribution in [3.63, 3.8) is 0 Å². The normalized spacial score (nSPS) is 10.7. The second-order valence-corrected chi connectivity index (χ2v) is 5.58. The summed E-state index contributed by atoms with van der Waals surface area (Å²) in [7, 11) is 0. The van der Waals surface area contributed by atoms with Crippen LogP contribution in [0.3, 0.4) is 0 Å². The second-order valence-electron chi connectivity index (χ2n) is 3.57. The van der Waals surface area contributed by atoms with Crippen LogP contribution in [0.15, 0.2) is 24.3 Å². The first kappa shape index (κ1) is 14.1. The van der Waals surface area contributed by atoms with E-state index in [1.54, 1.807) is 18.2 Å². The van der Waals surface area contributed by atoms with Gasteiger partial charge in [-0.1, -0.05) is 64.1 Å². The third-order valence-corrected chi connectivity index (χ3v) is 4.20. The van der Waals surface area contributed by atoms with Crippen LogP contribution in [-0.4, -0.2) is 0 Å². The number of hydrogen-bond donors (Lipinski definition) is 1. The van der Waals surface area contributed by atoms with Crippen molar-refractivity contribution in [1.82, 2.24) is 0 Å². The van der Waals surface area contributed by atoms with Crippen molar-refractivity contribution in [2.75, 3.05) is 5.73 Å². The zero-order valence-corrected chi connectivity index (χ0v) is 12.6. The molecule has 0 heterocycles. The average Bonchev–Trinajstić information content (AvgIpc) is 2.29. The van der Waals surface area contributed by atoms with Crippen molar-refractivity contribution < 1.29 is 0 Å². The summed E-state index contributed by atoms with van der Waals surface area (Å²) in [5.41, 5.74) is 7.49. The van der Waals surface area contributed by atoms with E-state index in [0.29, 0.717) is 41.9 Å². The largest absolute Gasteiger partial charge is 0.398 e. The van der Waals surface area contributed by atoms with E-state index in [9.17, 15) is 0 Å². The number of anilines is 1. The van der Waals surface area contributed by atoms with Crippen LogP contribution in [0.5, 0.6) is 0 Å². The maximum absolute atomic E-state index is 6.15. The summed E-state index contributed by atoms with van der Waals surface area (Å²) in [6, 6.07) is 6.51. The highest BCUT2D eigenvalue weighted by molar-refractivity contribution is 6.50. The van der Waals surface area contributed by atoms with Crippen molar-refractivity contribution in [3.8, 4) is 11.1 Å². The quantitative estimate of drug-likeness (QED) is 0.485. The van der Waals surface area contributed by atoms with Crippen LogP contribution in [0.2, 0.25) is 25.1 Å². The lowest BCUT2D eigenvalue weighted by Crippen LogP contribution is -1.92. The maximum Gasteiger partial charge on any atom is 0.0687 e. The Morgan fingerprint density at radius 1 is 0.778 bits per heavy atom. The van der Waals surface area contributed by atoms with E-state index in [1.165, 1.54) is 6.07 Å². The van der Waals surface area contributed by atoms with Crippen molar-refractivity contribution in [2.45, 2.75) is 0 Å². The molecule has 0 fully saturated rings. The predicted molar refractivity (Wildman–Crippen MR) is 81.3 cm³/mol. The lowest BCUT2D eigenvalue weighted by molar-refractivity contribution is 1.60. The van der Waals surface area contributed by atoms with Crippen molar-refractivity contribution in [1.29, 1.82) is 0 Å². The SMILES string of the molecule is Nc1cc(Cl)ccc1-c1c(Cl)c(Cl)cc(Cl)c1Cl. The molecule has 0 saturated heterocycles. The first-order valence-electron chi connectivity index (χ1n) is 4.80. The molecule has 0 aliphatic heterocycles. The fourth-order valence-electron chi connectivity index (χ4n) is 1.57. The van der Waals surface area contributed by atoms with Crippen LogP contribution in [0.4, 0.5) is 5.69 Å². The van der Waals surface area contributed by atoms with E-state index >= 15 is 0 Å². The lowest BCUT2D eigenvalue weighted by Gasteiger charge is -2.12. The van der Waals surface area contributed by atoms with E-state index in [4.69, 9.17) is 63.7 Å². The first-order chi connectivity index (χ1) is 8.41. The minimum Gasteiger partial charge on any atom is -0.398 e. The van der Waals surface area contributed by atoms with Crippen molar-refractivity contribution in [3.05, 3.63) is 49.4 Å². The van der Waals surface area contributed by atoms with Gasteiger partial charge >= 0.3 is 0 Å². The third kappa shape index (κ3) is 2.52. The number of benzene rings is 2. The third-order valence-electron chi connectivity index (χ3n) is 2.39. The summed E-state index contributed by atoms with van der Waals surface area (Å²) in [5, 5.41) is 1.77. The fourth-order valence-corrected chi connectivity index (χ4v) is 2.76. The summed E-state index contributed by atoms with van der Waals surface area (Å²) in [6.07, 6.45) is 0. The molecule has 6 heteroatoms. The Labute approximate surface area is 129 Å². The number of nitrogen functional groups attached to an aromatic ring is 1. The second kappa shape index (κ2) is 5.36. The molecule has 0 bridgehead atoms. The Bertz CT molecular complexity index is 598. The van der Waals surface area contributed by atoms with Gasteiger partial charge in [0, 0.05) is 21.8 Å². The summed E-state index contributed by atoms with van der Waals surface area (Å²) in [5.74, 6) is 0. The molecule has 2 N–H and O–H groups in total. The predicted octanol–water partition coefficient (Wildman–Crippen LogP) is 6.20. The Kier molecular flexibility index (Phi) is 4.20. The van der Waals surface area contributed by atoms with E-state index < -0.39 is 0 Å². The molecule has 0 spiro atoms. The van der Waals surface area contributed by atoms with Gasteiger partial charge < -0.3 is 5.73 Å². The van der Waals surface area contributed by atoms with E-state index in [0.717, 1.165) is 0 Å². The smallest absolute Gasteiger partial charge is 0.0687 e. The van der Waals surface area contributed by atoms with E-state index in [-0.39, 0.29) is 0 Å². The zero-order valence-electron chi connectivity index (χ0n) is 8.78. The molecule has 0 aromatic heterocycles. The molecule has 94 valence electrons. The fraction of sp³-hybridized carbons (Fsp3) is 0. The molecule has 0 aliphatic rings. The van der Waals surface area contributed by atoms with Gasteiger partial charge in [-0.3, -0.25) is 0 Å². The molecule has 2 aromatic carbocycles. The lowest BCUT2D eigenvalue weighted by atomic mass is 10.0. The highest BCUT2D eigenvalue weighted by Gasteiger charge is 2.17. The molecule has 0 saturated carbocycles. The number of rotatable bonds is 1. The topological polar surface area (TPSA) is 26.0 Å². The minimum atomic E-state index is 0.306. The Balaban J connectivity index is 2.78. The van der Waals surface area contributed by atoms with Crippen molar-refractivity contribution in [2.24, 2.45) is 0 Å². The first-order valence-corrected chi connectivity index (χ1v) is 6.69. The highest BCUT2D eigenvalue weighted by atomic mass is 35.5. The molecule has 1 nitrogen and oxygen atoms in total. The summed E-state index contributed by atoms with van der Waals surface area (Å²) < 4.78 is 0. The maximum atomic E-state index is 6.15. The summed E-state index contributed by atoms with van der Waals surface area (Å²) >= 11 is 30.1. The highest BCUT2D eigenvalue weighted by Crippen LogP contribution is 2.45. The molecule has 0 amide bonds. The molecule has 2 rings (SSSR count). The molecular weight excluding hydrogens is 335 g/mol. The molecule has 0 atom stereocenters. The van der Waals surface area contributed by atoms with Gasteiger partial charge in [-0.25, -0.2) is 0 Å². The van der Waals surface area contributed by atoms with Gasteiger partial charge in [0.05, 0.1) is 20.1 Å².